The molecule has 2 N–H and O–H groups in total. The van der Waals surface area contributed by atoms with Crippen molar-refractivity contribution in [3.05, 3.63) is 12.2 Å². The molecule has 0 amide bonds. The number of hydrogen-bond acceptors (Lipinski definition) is 8. The van der Waals surface area contributed by atoms with Crippen molar-refractivity contribution in [3.63, 3.8) is 0 Å². The number of allylic oxidation sites excluding steroid dienone is 2. The molecule has 0 bridgehead atoms. The predicted octanol–water partition coefficient (Wildman–Crippen LogP) is 10.2. The van der Waals surface area contributed by atoms with Gasteiger partial charge in [0.05, 0.1) is 12.7 Å². The molecule has 9 heteroatoms. The van der Waals surface area contributed by atoms with Crippen LogP contribution in [-0.2, 0) is 28.2 Å². The molecule has 6 atom stereocenters. The Morgan fingerprint density at radius 3 is 1.90 bits per heavy atom. The second-order valence-electron chi connectivity index (χ2n) is 16.1. The van der Waals surface area contributed by atoms with Gasteiger partial charge in [0, 0.05) is 20.1 Å². The van der Waals surface area contributed by atoms with Gasteiger partial charge in [-0.2, -0.15) is 0 Å². The summed E-state index contributed by atoms with van der Waals surface area (Å²) in [4.78, 5) is 12.9. The first-order valence-corrected chi connectivity index (χ1v) is 23.4. The molecule has 0 aromatic heterocycles. The van der Waals surface area contributed by atoms with Crippen LogP contribution in [0.4, 0.5) is 0 Å². The fourth-order valence-corrected chi connectivity index (χ4v) is 7.12. The van der Waals surface area contributed by atoms with Crippen LogP contribution in [0, 0.1) is 0 Å². The lowest BCUT2D eigenvalue weighted by molar-refractivity contribution is -0.297. The SMILES string of the molecule is CCCCCCC=CCCCCCCCCCC(=O)O[C@@H]1[C@@H](OCC[C@@H](CCCCCCC)OC)[C@H](O)[C@@H](CO[Si](C)(C)C(C)(C)C)O[C@@H]1O. The van der Waals surface area contributed by atoms with Crippen molar-refractivity contribution >= 4 is 14.3 Å². The molecule has 1 saturated heterocycles. The second-order valence-corrected chi connectivity index (χ2v) is 20.9. The zero-order chi connectivity index (χ0) is 37.3. The Hall–Kier alpha value is -0.813. The number of hydrogen-bond donors (Lipinski definition) is 2. The molecule has 0 unspecified atom stereocenters. The fourth-order valence-electron chi connectivity index (χ4n) is 6.11. The van der Waals surface area contributed by atoms with E-state index in [1.807, 2.05) is 0 Å². The molecule has 8 nitrogen and oxygen atoms in total. The summed E-state index contributed by atoms with van der Waals surface area (Å²) >= 11 is 0. The van der Waals surface area contributed by atoms with Crippen LogP contribution in [0.2, 0.25) is 18.1 Å². The molecule has 0 radical (unpaired) electrons. The van der Waals surface area contributed by atoms with Gasteiger partial charge in [-0.25, -0.2) is 0 Å². The van der Waals surface area contributed by atoms with E-state index in [-0.39, 0.29) is 24.2 Å². The van der Waals surface area contributed by atoms with E-state index in [1.54, 1.807) is 7.11 Å². The maximum absolute atomic E-state index is 12.9. The third kappa shape index (κ3) is 20.4. The number of carbonyl (C=O) groups excluding carboxylic acids is 1. The Bertz CT molecular complexity index is 860. The standard InChI is InChI=1S/C41H80O8Si/c1-9-11-13-15-16-17-18-19-20-21-22-23-24-26-28-30-36(42)49-39-38(46-32-31-34(45-6)29-27-25-14-12-10-2)37(43)35(48-40(39)44)33-47-50(7,8)41(3,4)5/h17-18,34-35,37-40,43-44H,9-16,19-33H2,1-8H3/t34-,35-,37-,38+,39-,40+/m1/s1. The van der Waals surface area contributed by atoms with Gasteiger partial charge in [-0.3, -0.25) is 4.79 Å². The molecule has 0 saturated carbocycles. The molecule has 1 rings (SSSR count). The van der Waals surface area contributed by atoms with Crippen LogP contribution < -0.4 is 0 Å². The molecule has 1 fully saturated rings. The summed E-state index contributed by atoms with van der Waals surface area (Å²) in [5, 5.41) is 22.5. The first kappa shape index (κ1) is 47.2. The van der Waals surface area contributed by atoms with E-state index in [0.29, 0.717) is 13.0 Å². The number of aliphatic hydroxyl groups excluding tert-OH is 2. The number of esters is 1. The minimum atomic E-state index is -2.13. The van der Waals surface area contributed by atoms with E-state index in [4.69, 9.17) is 23.4 Å². The van der Waals surface area contributed by atoms with Gasteiger partial charge < -0.3 is 33.6 Å². The van der Waals surface area contributed by atoms with E-state index in [1.165, 1.54) is 89.9 Å². The molecule has 50 heavy (non-hydrogen) atoms. The zero-order valence-corrected chi connectivity index (χ0v) is 34.7. The van der Waals surface area contributed by atoms with Crippen LogP contribution in [0.5, 0.6) is 0 Å². The van der Waals surface area contributed by atoms with E-state index >= 15 is 0 Å². The first-order valence-electron chi connectivity index (χ1n) is 20.5. The lowest BCUT2D eigenvalue weighted by Crippen LogP contribution is -2.61. The largest absolute Gasteiger partial charge is 0.454 e. The van der Waals surface area contributed by atoms with Crippen molar-refractivity contribution in [2.75, 3.05) is 20.3 Å². The van der Waals surface area contributed by atoms with Crippen molar-refractivity contribution in [2.24, 2.45) is 0 Å². The minimum Gasteiger partial charge on any atom is -0.454 e. The molecule has 1 heterocycles. The predicted molar refractivity (Wildman–Crippen MR) is 208 cm³/mol. The summed E-state index contributed by atoms with van der Waals surface area (Å²) in [5.74, 6) is -0.405. The number of rotatable bonds is 30. The quantitative estimate of drug-likeness (QED) is 0.0326. The summed E-state index contributed by atoms with van der Waals surface area (Å²) in [6, 6.07) is 0. The average molecular weight is 729 g/mol. The van der Waals surface area contributed by atoms with Gasteiger partial charge in [0.25, 0.3) is 0 Å². The van der Waals surface area contributed by atoms with Gasteiger partial charge in [0.2, 0.25) is 0 Å². The summed E-state index contributed by atoms with van der Waals surface area (Å²) in [5.41, 5.74) is 0. The van der Waals surface area contributed by atoms with Crippen molar-refractivity contribution < 1.29 is 38.4 Å². The van der Waals surface area contributed by atoms with Gasteiger partial charge in [-0.1, -0.05) is 130 Å². The van der Waals surface area contributed by atoms with Gasteiger partial charge in [-0.05, 0) is 63.1 Å². The third-order valence-electron chi connectivity index (χ3n) is 10.7. The molecule has 0 aliphatic carbocycles. The maximum atomic E-state index is 12.9. The summed E-state index contributed by atoms with van der Waals surface area (Å²) in [7, 11) is -0.412. The van der Waals surface area contributed by atoms with Crippen molar-refractivity contribution in [2.45, 2.75) is 224 Å². The molecule has 296 valence electrons. The minimum absolute atomic E-state index is 0.0184. The van der Waals surface area contributed by atoms with Gasteiger partial charge in [0.1, 0.15) is 18.3 Å². The summed E-state index contributed by atoms with van der Waals surface area (Å²) < 4.78 is 29.9. The Balaban J connectivity index is 2.58. The van der Waals surface area contributed by atoms with E-state index in [0.717, 1.165) is 32.1 Å². The first-order chi connectivity index (χ1) is 23.9. The third-order valence-corrected chi connectivity index (χ3v) is 15.2. The van der Waals surface area contributed by atoms with Gasteiger partial charge >= 0.3 is 5.97 Å². The van der Waals surface area contributed by atoms with Crippen molar-refractivity contribution in [1.29, 1.82) is 0 Å². The molecule has 0 aromatic carbocycles. The van der Waals surface area contributed by atoms with Crippen LogP contribution in [0.15, 0.2) is 12.2 Å². The molecular formula is C41H80O8Si. The second kappa shape index (κ2) is 27.7. The number of unbranched alkanes of at least 4 members (excludes halogenated alkanes) is 15. The van der Waals surface area contributed by atoms with Crippen LogP contribution in [0.1, 0.15) is 169 Å². The van der Waals surface area contributed by atoms with Crippen LogP contribution >= 0.6 is 0 Å². The van der Waals surface area contributed by atoms with E-state index < -0.39 is 45.0 Å². The highest BCUT2D eigenvalue weighted by atomic mass is 28.4. The Morgan fingerprint density at radius 1 is 0.780 bits per heavy atom. The molecule has 0 spiro atoms. The monoisotopic (exact) mass is 729 g/mol. The normalized spacial score (nSPS) is 22.3. The highest BCUT2D eigenvalue weighted by Crippen LogP contribution is 2.37. The number of ether oxygens (including phenoxy) is 4. The fraction of sp³-hybridized carbons (Fsp3) is 0.927. The molecule has 0 aromatic rings. The van der Waals surface area contributed by atoms with Crippen molar-refractivity contribution in [1.82, 2.24) is 0 Å². The lowest BCUT2D eigenvalue weighted by Gasteiger charge is -2.44. The maximum Gasteiger partial charge on any atom is 0.306 e. The highest BCUT2D eigenvalue weighted by Gasteiger charge is 2.49. The average Bonchev–Trinajstić information content (AvgIpc) is 3.07. The highest BCUT2D eigenvalue weighted by molar-refractivity contribution is 6.74. The van der Waals surface area contributed by atoms with Gasteiger partial charge in [-0.15, -0.1) is 0 Å². The van der Waals surface area contributed by atoms with Gasteiger partial charge in [0.15, 0.2) is 20.7 Å². The lowest BCUT2D eigenvalue weighted by atomic mass is 9.98. The van der Waals surface area contributed by atoms with Crippen LogP contribution in [-0.4, -0.2) is 81.6 Å². The zero-order valence-electron chi connectivity index (χ0n) is 33.7. The molecular weight excluding hydrogens is 649 g/mol. The number of methoxy groups -OCH3 is 1. The summed E-state index contributed by atoms with van der Waals surface area (Å²) in [6.07, 6.45) is 22.5. The van der Waals surface area contributed by atoms with E-state index in [9.17, 15) is 15.0 Å². The number of aliphatic hydroxyl groups is 2. The Kier molecular flexibility index (Phi) is 26.2. The van der Waals surface area contributed by atoms with Crippen LogP contribution in [0.3, 0.4) is 0 Å². The molecule has 1 aliphatic heterocycles. The van der Waals surface area contributed by atoms with E-state index in [2.05, 4.69) is 59.9 Å². The smallest absolute Gasteiger partial charge is 0.306 e. The van der Waals surface area contributed by atoms with Crippen molar-refractivity contribution in [3.8, 4) is 0 Å². The number of carbonyl (C=O) groups is 1. The molecule has 1 aliphatic rings. The summed E-state index contributed by atoms with van der Waals surface area (Å²) in [6.45, 7) is 15.6. The Morgan fingerprint density at radius 2 is 1.32 bits per heavy atom. The van der Waals surface area contributed by atoms with Crippen LogP contribution in [0.25, 0.3) is 0 Å². The Labute approximate surface area is 308 Å². The topological polar surface area (TPSA) is 104 Å².